The van der Waals surface area contributed by atoms with Crippen molar-refractivity contribution in [2.24, 2.45) is 5.92 Å². The number of hydrogen-bond acceptors (Lipinski definition) is 7. The highest BCUT2D eigenvalue weighted by atomic mass is 16.6. The average Bonchev–Trinajstić information content (AvgIpc) is 3.45. The number of anilines is 2. The molecular formula is C16H19N5O3. The lowest BCUT2D eigenvalue weighted by Gasteiger charge is -2.21. The van der Waals surface area contributed by atoms with E-state index in [-0.39, 0.29) is 11.5 Å². The highest BCUT2D eigenvalue weighted by Gasteiger charge is 2.37. The summed E-state index contributed by atoms with van der Waals surface area (Å²) in [6.07, 6.45) is 4.45. The number of aromatic nitrogens is 2. The first-order valence-electron chi connectivity index (χ1n) is 8.15. The number of nitrogens with zero attached hydrogens (tertiary/aromatic N) is 4. The van der Waals surface area contributed by atoms with E-state index in [2.05, 4.69) is 16.9 Å². The van der Waals surface area contributed by atoms with Gasteiger partial charge < -0.3 is 15.1 Å². The molecule has 8 heteroatoms. The standard InChI is InChI=1S/C16H19N5O3/c1-9-6-12(9)14-5-4-11(24-14)8-20(10-2-3-10)16-18-7-13(21(22)23)15(17)19-16/h4-5,7,9-10,12H,2-3,6,8H2,1H3,(H2,17,18,19). The fourth-order valence-electron chi connectivity index (χ4n) is 2.97. The minimum absolute atomic E-state index is 0.109. The highest BCUT2D eigenvalue weighted by Crippen LogP contribution is 2.47. The maximum atomic E-state index is 10.9. The molecular weight excluding hydrogens is 310 g/mol. The maximum Gasteiger partial charge on any atom is 0.329 e. The third-order valence-electron chi connectivity index (χ3n) is 4.71. The molecule has 4 rings (SSSR count). The third kappa shape index (κ3) is 2.79. The van der Waals surface area contributed by atoms with Crippen molar-refractivity contribution >= 4 is 17.5 Å². The van der Waals surface area contributed by atoms with Gasteiger partial charge in [-0.2, -0.15) is 4.98 Å². The van der Waals surface area contributed by atoms with E-state index in [1.807, 2.05) is 17.0 Å². The van der Waals surface area contributed by atoms with Crippen molar-refractivity contribution < 1.29 is 9.34 Å². The van der Waals surface area contributed by atoms with Gasteiger partial charge in [0.25, 0.3) is 0 Å². The van der Waals surface area contributed by atoms with Crippen LogP contribution in [0.4, 0.5) is 17.5 Å². The molecule has 8 nitrogen and oxygen atoms in total. The summed E-state index contributed by atoms with van der Waals surface area (Å²) in [5.74, 6) is 3.44. The molecule has 2 atom stereocenters. The Kier molecular flexibility index (Phi) is 3.40. The van der Waals surface area contributed by atoms with Gasteiger partial charge in [-0.1, -0.05) is 6.92 Å². The number of nitro groups is 1. The summed E-state index contributed by atoms with van der Waals surface area (Å²) in [6.45, 7) is 2.76. The quantitative estimate of drug-likeness (QED) is 0.640. The fraction of sp³-hybridized carbons (Fsp3) is 0.500. The summed E-state index contributed by atoms with van der Waals surface area (Å²) in [7, 11) is 0. The number of hydrogen-bond donors (Lipinski definition) is 1. The van der Waals surface area contributed by atoms with Gasteiger partial charge in [-0.05, 0) is 37.3 Å². The Hall–Kier alpha value is -2.64. The van der Waals surface area contributed by atoms with Crippen LogP contribution in [0.15, 0.2) is 22.7 Å². The van der Waals surface area contributed by atoms with Crippen LogP contribution < -0.4 is 10.6 Å². The topological polar surface area (TPSA) is 111 Å². The summed E-state index contributed by atoms with van der Waals surface area (Å²) in [4.78, 5) is 20.6. The monoisotopic (exact) mass is 329 g/mol. The predicted octanol–water partition coefficient (Wildman–Crippen LogP) is 2.85. The first-order chi connectivity index (χ1) is 11.5. The van der Waals surface area contributed by atoms with E-state index in [4.69, 9.17) is 10.2 Å². The van der Waals surface area contributed by atoms with E-state index in [1.54, 1.807) is 0 Å². The molecule has 2 aromatic rings. The molecule has 0 aliphatic heterocycles. The number of nitrogens with two attached hydrogens (primary N) is 1. The molecule has 0 amide bonds. The van der Waals surface area contributed by atoms with Crippen molar-refractivity contribution in [2.75, 3.05) is 10.6 Å². The molecule has 0 saturated heterocycles. The summed E-state index contributed by atoms with van der Waals surface area (Å²) in [5, 5.41) is 10.9. The lowest BCUT2D eigenvalue weighted by Crippen LogP contribution is -2.27. The highest BCUT2D eigenvalue weighted by molar-refractivity contribution is 5.54. The van der Waals surface area contributed by atoms with Gasteiger partial charge in [0.1, 0.15) is 17.7 Å². The van der Waals surface area contributed by atoms with Crippen LogP contribution in [0.5, 0.6) is 0 Å². The fourth-order valence-corrected chi connectivity index (χ4v) is 2.97. The van der Waals surface area contributed by atoms with Crippen LogP contribution in [0.2, 0.25) is 0 Å². The van der Waals surface area contributed by atoms with E-state index in [0.29, 0.717) is 30.4 Å². The molecule has 2 N–H and O–H groups in total. The minimum Gasteiger partial charge on any atom is -0.464 e. The summed E-state index contributed by atoms with van der Waals surface area (Å²) < 4.78 is 5.96. The van der Waals surface area contributed by atoms with Gasteiger partial charge in [0.15, 0.2) is 0 Å². The average molecular weight is 329 g/mol. The maximum absolute atomic E-state index is 10.9. The first-order valence-corrected chi connectivity index (χ1v) is 8.15. The van der Waals surface area contributed by atoms with Gasteiger partial charge in [-0.25, -0.2) is 4.98 Å². The molecule has 126 valence electrons. The van der Waals surface area contributed by atoms with Gasteiger partial charge in [0, 0.05) is 12.0 Å². The van der Waals surface area contributed by atoms with Crippen LogP contribution in [0, 0.1) is 16.0 Å². The molecule has 2 heterocycles. The van der Waals surface area contributed by atoms with E-state index >= 15 is 0 Å². The summed E-state index contributed by atoms with van der Waals surface area (Å²) in [6, 6.07) is 4.36. The van der Waals surface area contributed by atoms with Crippen molar-refractivity contribution in [3.63, 3.8) is 0 Å². The number of rotatable bonds is 6. The number of furan rings is 1. The van der Waals surface area contributed by atoms with Crippen molar-refractivity contribution in [1.82, 2.24) is 9.97 Å². The summed E-state index contributed by atoms with van der Waals surface area (Å²) in [5.41, 5.74) is 5.43. The van der Waals surface area contributed by atoms with Crippen LogP contribution in [0.3, 0.4) is 0 Å². The van der Waals surface area contributed by atoms with Crippen LogP contribution in [0.1, 0.15) is 43.6 Å². The normalized spacial score (nSPS) is 22.4. The van der Waals surface area contributed by atoms with E-state index < -0.39 is 4.92 Å². The zero-order valence-corrected chi connectivity index (χ0v) is 13.4. The van der Waals surface area contributed by atoms with Gasteiger partial charge in [0.2, 0.25) is 11.8 Å². The Morgan fingerprint density at radius 2 is 2.21 bits per heavy atom. The van der Waals surface area contributed by atoms with Crippen LogP contribution >= 0.6 is 0 Å². The van der Waals surface area contributed by atoms with Crippen molar-refractivity contribution in [3.05, 3.63) is 40.0 Å². The van der Waals surface area contributed by atoms with E-state index in [1.165, 1.54) is 12.6 Å². The predicted molar refractivity (Wildman–Crippen MR) is 87.5 cm³/mol. The second-order valence-electron chi connectivity index (χ2n) is 6.68. The molecule has 2 aliphatic carbocycles. The lowest BCUT2D eigenvalue weighted by atomic mass is 10.3. The Labute approximate surface area is 138 Å². The van der Waals surface area contributed by atoms with Crippen LogP contribution in [-0.4, -0.2) is 20.9 Å². The van der Waals surface area contributed by atoms with Gasteiger partial charge >= 0.3 is 5.69 Å². The Morgan fingerprint density at radius 3 is 2.79 bits per heavy atom. The van der Waals surface area contributed by atoms with Crippen molar-refractivity contribution in [3.8, 4) is 0 Å². The number of nitrogen functional groups attached to an aromatic ring is 1. The molecule has 2 saturated carbocycles. The third-order valence-corrected chi connectivity index (χ3v) is 4.71. The molecule has 2 aromatic heterocycles. The Balaban J connectivity index is 1.55. The van der Waals surface area contributed by atoms with Gasteiger partial charge in [-0.3, -0.25) is 10.1 Å². The second-order valence-corrected chi connectivity index (χ2v) is 6.68. The molecule has 2 fully saturated rings. The zero-order chi connectivity index (χ0) is 16.8. The second kappa shape index (κ2) is 5.47. The molecule has 24 heavy (non-hydrogen) atoms. The molecule has 0 bridgehead atoms. The zero-order valence-electron chi connectivity index (χ0n) is 13.4. The van der Waals surface area contributed by atoms with E-state index in [9.17, 15) is 10.1 Å². The van der Waals surface area contributed by atoms with E-state index in [0.717, 1.165) is 24.4 Å². The van der Waals surface area contributed by atoms with Gasteiger partial charge in [0.05, 0.1) is 11.5 Å². The van der Waals surface area contributed by atoms with Gasteiger partial charge in [-0.15, -0.1) is 0 Å². The first kappa shape index (κ1) is 14.9. The largest absolute Gasteiger partial charge is 0.464 e. The Bertz CT molecular complexity index is 786. The molecule has 2 aliphatic rings. The molecule has 0 spiro atoms. The smallest absolute Gasteiger partial charge is 0.329 e. The molecule has 0 aromatic carbocycles. The van der Waals surface area contributed by atoms with Crippen LogP contribution in [0.25, 0.3) is 0 Å². The lowest BCUT2D eigenvalue weighted by molar-refractivity contribution is -0.384. The van der Waals surface area contributed by atoms with Crippen molar-refractivity contribution in [1.29, 1.82) is 0 Å². The molecule has 0 radical (unpaired) electrons. The minimum atomic E-state index is -0.573. The summed E-state index contributed by atoms with van der Waals surface area (Å²) >= 11 is 0. The Morgan fingerprint density at radius 1 is 1.46 bits per heavy atom. The van der Waals surface area contributed by atoms with Crippen LogP contribution in [-0.2, 0) is 6.54 Å². The SMILES string of the molecule is CC1CC1c1ccc(CN(c2ncc([N+](=O)[O-])c(N)n2)C2CC2)o1. The molecule has 2 unspecified atom stereocenters. The van der Waals surface area contributed by atoms with Crippen molar-refractivity contribution in [2.45, 2.75) is 44.7 Å².